The minimum absolute atomic E-state index is 0.170. The fourth-order valence-corrected chi connectivity index (χ4v) is 1.73. The molecule has 0 aliphatic rings. The first kappa shape index (κ1) is 13.4. The van der Waals surface area contributed by atoms with E-state index >= 15 is 0 Å². The maximum atomic E-state index is 11.9. The lowest BCUT2D eigenvalue weighted by atomic mass is 9.96. The van der Waals surface area contributed by atoms with E-state index in [0.717, 1.165) is 18.4 Å². The Morgan fingerprint density at radius 1 is 1.18 bits per heavy atom. The smallest absolute Gasteiger partial charge is 0.313 e. The van der Waals surface area contributed by atoms with Gasteiger partial charge >= 0.3 is 5.97 Å². The van der Waals surface area contributed by atoms with E-state index in [1.165, 1.54) is 12.7 Å². The fourth-order valence-electron chi connectivity index (χ4n) is 1.73. The standard InChI is InChI=1S/C14H18O3/c1-4-10-6-7-12(11(5-2)8-10)13(15)9-14(16)17-3/h6-8H,4-5,9H2,1-3H3. The Balaban J connectivity index is 2.96. The number of benzene rings is 1. The number of hydrogen-bond acceptors (Lipinski definition) is 3. The van der Waals surface area contributed by atoms with Gasteiger partial charge in [0.05, 0.1) is 7.11 Å². The monoisotopic (exact) mass is 234 g/mol. The number of methoxy groups -OCH3 is 1. The summed E-state index contributed by atoms with van der Waals surface area (Å²) in [5, 5.41) is 0. The maximum Gasteiger partial charge on any atom is 0.313 e. The molecular weight excluding hydrogens is 216 g/mol. The molecule has 3 nitrogen and oxygen atoms in total. The molecule has 0 unspecified atom stereocenters. The predicted octanol–water partition coefficient (Wildman–Crippen LogP) is 2.56. The molecule has 0 atom stereocenters. The molecule has 0 aromatic heterocycles. The zero-order valence-corrected chi connectivity index (χ0v) is 10.6. The van der Waals surface area contributed by atoms with Gasteiger partial charge in [0.15, 0.2) is 5.78 Å². The topological polar surface area (TPSA) is 43.4 Å². The molecule has 17 heavy (non-hydrogen) atoms. The van der Waals surface area contributed by atoms with Gasteiger partial charge in [-0.25, -0.2) is 0 Å². The Morgan fingerprint density at radius 2 is 1.88 bits per heavy atom. The van der Waals surface area contributed by atoms with Crippen molar-refractivity contribution in [3.8, 4) is 0 Å². The van der Waals surface area contributed by atoms with Crippen LogP contribution in [0.4, 0.5) is 0 Å². The van der Waals surface area contributed by atoms with Gasteiger partial charge in [0, 0.05) is 5.56 Å². The molecule has 3 heteroatoms. The summed E-state index contributed by atoms with van der Waals surface area (Å²) < 4.78 is 4.50. The molecule has 1 aromatic rings. The highest BCUT2D eigenvalue weighted by molar-refractivity contribution is 6.06. The Kier molecular flexibility index (Phi) is 4.88. The van der Waals surface area contributed by atoms with Gasteiger partial charge in [0.1, 0.15) is 6.42 Å². The van der Waals surface area contributed by atoms with Crippen molar-refractivity contribution in [3.05, 3.63) is 34.9 Å². The van der Waals surface area contributed by atoms with E-state index in [1.54, 1.807) is 0 Å². The molecule has 0 N–H and O–H groups in total. The number of ketones is 1. The SMILES string of the molecule is CCc1ccc(C(=O)CC(=O)OC)c(CC)c1. The molecule has 0 bridgehead atoms. The Morgan fingerprint density at radius 3 is 2.41 bits per heavy atom. The highest BCUT2D eigenvalue weighted by atomic mass is 16.5. The molecule has 0 saturated heterocycles. The summed E-state index contributed by atoms with van der Waals surface area (Å²) in [5.74, 6) is -0.659. The van der Waals surface area contributed by atoms with E-state index in [1.807, 2.05) is 25.1 Å². The molecule has 0 aliphatic carbocycles. The lowest BCUT2D eigenvalue weighted by molar-refractivity contribution is -0.139. The molecular formula is C14H18O3. The van der Waals surface area contributed by atoms with Crippen molar-refractivity contribution in [1.29, 1.82) is 0 Å². The van der Waals surface area contributed by atoms with E-state index in [4.69, 9.17) is 0 Å². The minimum Gasteiger partial charge on any atom is -0.469 e. The first-order chi connectivity index (χ1) is 8.12. The largest absolute Gasteiger partial charge is 0.469 e. The van der Waals surface area contributed by atoms with Crippen molar-refractivity contribution in [2.75, 3.05) is 7.11 Å². The van der Waals surface area contributed by atoms with Crippen LogP contribution in [0.3, 0.4) is 0 Å². The summed E-state index contributed by atoms with van der Waals surface area (Å²) in [5.41, 5.74) is 2.84. The third-order valence-corrected chi connectivity index (χ3v) is 2.79. The molecule has 0 amide bonds. The van der Waals surface area contributed by atoms with Crippen molar-refractivity contribution in [2.45, 2.75) is 33.1 Å². The van der Waals surface area contributed by atoms with Gasteiger partial charge < -0.3 is 4.74 Å². The average Bonchev–Trinajstić information content (AvgIpc) is 2.37. The lowest BCUT2D eigenvalue weighted by Crippen LogP contribution is -2.11. The number of carbonyl (C=O) groups excluding carboxylic acids is 2. The van der Waals surface area contributed by atoms with Gasteiger partial charge in [0.25, 0.3) is 0 Å². The molecule has 92 valence electrons. The first-order valence-electron chi connectivity index (χ1n) is 5.84. The van der Waals surface area contributed by atoms with Crippen LogP contribution in [0.25, 0.3) is 0 Å². The van der Waals surface area contributed by atoms with Gasteiger partial charge in [-0.1, -0.05) is 32.0 Å². The number of rotatable bonds is 5. The van der Waals surface area contributed by atoms with Crippen molar-refractivity contribution < 1.29 is 14.3 Å². The van der Waals surface area contributed by atoms with Gasteiger partial charge in [-0.2, -0.15) is 0 Å². The van der Waals surface area contributed by atoms with Crippen LogP contribution in [-0.4, -0.2) is 18.9 Å². The zero-order chi connectivity index (χ0) is 12.8. The van der Waals surface area contributed by atoms with Crippen LogP contribution in [0.2, 0.25) is 0 Å². The van der Waals surface area contributed by atoms with E-state index in [9.17, 15) is 9.59 Å². The van der Waals surface area contributed by atoms with Crippen LogP contribution >= 0.6 is 0 Å². The average molecular weight is 234 g/mol. The van der Waals surface area contributed by atoms with E-state index < -0.39 is 5.97 Å². The molecule has 0 heterocycles. The summed E-state index contributed by atoms with van der Waals surface area (Å²) in [6.45, 7) is 4.08. The van der Waals surface area contributed by atoms with Crippen LogP contribution in [0.15, 0.2) is 18.2 Å². The van der Waals surface area contributed by atoms with E-state index in [0.29, 0.717) is 5.56 Å². The van der Waals surface area contributed by atoms with Gasteiger partial charge in [-0.15, -0.1) is 0 Å². The number of ether oxygens (including phenoxy) is 1. The van der Waals surface area contributed by atoms with Crippen LogP contribution in [-0.2, 0) is 22.4 Å². The normalized spacial score (nSPS) is 10.1. The van der Waals surface area contributed by atoms with E-state index in [2.05, 4.69) is 11.7 Å². The summed E-state index contributed by atoms with van der Waals surface area (Å²) in [7, 11) is 1.29. The van der Waals surface area contributed by atoms with Crippen LogP contribution < -0.4 is 0 Å². The summed E-state index contributed by atoms with van der Waals surface area (Å²) >= 11 is 0. The second-order valence-electron chi connectivity index (χ2n) is 3.87. The fraction of sp³-hybridized carbons (Fsp3) is 0.429. The molecule has 0 saturated carbocycles. The third kappa shape index (κ3) is 3.41. The van der Waals surface area contributed by atoms with Crippen LogP contribution in [0.1, 0.15) is 41.8 Å². The predicted molar refractivity (Wildman–Crippen MR) is 66.2 cm³/mol. The van der Waals surface area contributed by atoms with Crippen molar-refractivity contribution >= 4 is 11.8 Å². The molecule has 0 radical (unpaired) electrons. The van der Waals surface area contributed by atoms with Crippen LogP contribution in [0, 0.1) is 0 Å². The highest BCUT2D eigenvalue weighted by Crippen LogP contribution is 2.15. The molecule has 1 rings (SSSR count). The first-order valence-corrected chi connectivity index (χ1v) is 5.84. The second kappa shape index (κ2) is 6.18. The second-order valence-corrected chi connectivity index (χ2v) is 3.87. The molecule has 0 fully saturated rings. The summed E-state index contributed by atoms with van der Waals surface area (Å²) in [6, 6.07) is 5.77. The maximum absolute atomic E-state index is 11.9. The van der Waals surface area contributed by atoms with Crippen LogP contribution in [0.5, 0.6) is 0 Å². The van der Waals surface area contributed by atoms with Gasteiger partial charge in [0.2, 0.25) is 0 Å². The number of hydrogen-bond donors (Lipinski definition) is 0. The van der Waals surface area contributed by atoms with Crippen molar-refractivity contribution in [2.24, 2.45) is 0 Å². The van der Waals surface area contributed by atoms with Gasteiger partial charge in [-0.05, 0) is 24.0 Å². The quantitative estimate of drug-likeness (QED) is 0.447. The lowest BCUT2D eigenvalue weighted by Gasteiger charge is -2.08. The number of aryl methyl sites for hydroxylation is 2. The molecule has 0 aliphatic heterocycles. The molecule has 1 aromatic carbocycles. The minimum atomic E-state index is -0.489. The molecule has 0 spiro atoms. The highest BCUT2D eigenvalue weighted by Gasteiger charge is 2.15. The Labute approximate surface area is 102 Å². The number of esters is 1. The van der Waals surface area contributed by atoms with Gasteiger partial charge in [-0.3, -0.25) is 9.59 Å². The van der Waals surface area contributed by atoms with E-state index in [-0.39, 0.29) is 12.2 Å². The summed E-state index contributed by atoms with van der Waals surface area (Å²) in [6.07, 6.45) is 1.55. The third-order valence-electron chi connectivity index (χ3n) is 2.79. The Bertz CT molecular complexity index is 421. The number of carbonyl (C=O) groups is 2. The van der Waals surface area contributed by atoms with Crippen molar-refractivity contribution in [1.82, 2.24) is 0 Å². The zero-order valence-electron chi connectivity index (χ0n) is 10.6. The Hall–Kier alpha value is -1.64. The summed E-state index contributed by atoms with van der Waals surface area (Å²) in [4.78, 5) is 23.0. The van der Waals surface area contributed by atoms with Crippen molar-refractivity contribution in [3.63, 3.8) is 0 Å². The number of Topliss-reactive ketones (excluding diaryl/α,β-unsaturated/α-hetero) is 1.